The van der Waals surface area contributed by atoms with Gasteiger partial charge in [-0.25, -0.2) is 5.90 Å². The quantitative estimate of drug-likeness (QED) is 0.732. The highest BCUT2D eigenvalue weighted by molar-refractivity contribution is 9.11. The molecule has 0 bridgehead atoms. The normalized spacial score (nSPS) is 9.71. The average molecular weight is 412 g/mol. The van der Waals surface area contributed by atoms with Crippen molar-refractivity contribution in [2.24, 2.45) is 5.90 Å². The molecule has 0 amide bonds. The van der Waals surface area contributed by atoms with E-state index in [0.717, 1.165) is 10.0 Å². The Bertz CT molecular complexity index is 335. The first kappa shape index (κ1) is 14.7. The summed E-state index contributed by atoms with van der Waals surface area (Å²) in [6.45, 7) is 0.224. The lowest BCUT2D eigenvalue weighted by Gasteiger charge is -2.09. The average Bonchev–Trinajstić information content (AvgIpc) is 2.09. The van der Waals surface area contributed by atoms with E-state index in [1.807, 2.05) is 0 Å². The van der Waals surface area contributed by atoms with Gasteiger partial charge >= 0.3 is 0 Å². The van der Waals surface area contributed by atoms with Crippen molar-refractivity contribution in [1.29, 1.82) is 0 Å². The first-order valence-corrected chi connectivity index (χ1v) is 5.62. The van der Waals surface area contributed by atoms with Gasteiger partial charge in [0, 0.05) is 10.0 Å². The van der Waals surface area contributed by atoms with E-state index in [9.17, 15) is 5.11 Å². The van der Waals surface area contributed by atoms with Gasteiger partial charge in [0.1, 0.15) is 5.75 Å². The van der Waals surface area contributed by atoms with Crippen LogP contribution in [-0.2, 0) is 11.4 Å². The molecule has 0 saturated heterocycles. The van der Waals surface area contributed by atoms with Crippen molar-refractivity contribution in [3.63, 3.8) is 0 Å². The van der Waals surface area contributed by atoms with E-state index in [1.165, 1.54) is 0 Å². The van der Waals surface area contributed by atoms with Crippen LogP contribution in [0, 0.1) is 0 Å². The summed E-state index contributed by atoms with van der Waals surface area (Å²) in [6.07, 6.45) is 0. The SMILES string of the molecule is Cl.NOCc1c(Br)cc(Br)c(O)c1Br. The van der Waals surface area contributed by atoms with Gasteiger partial charge in [-0.15, -0.1) is 12.4 Å². The minimum Gasteiger partial charge on any atom is -0.506 e. The van der Waals surface area contributed by atoms with E-state index in [0.29, 0.717) is 8.95 Å². The number of phenols is 1. The second kappa shape index (κ2) is 6.30. The van der Waals surface area contributed by atoms with Crippen LogP contribution in [0.15, 0.2) is 19.5 Å². The molecule has 1 rings (SSSR count). The van der Waals surface area contributed by atoms with Gasteiger partial charge in [0.2, 0.25) is 0 Å². The van der Waals surface area contributed by atoms with Crippen LogP contribution in [0.3, 0.4) is 0 Å². The highest BCUT2D eigenvalue weighted by Gasteiger charge is 2.12. The number of nitrogens with two attached hydrogens (primary N) is 1. The summed E-state index contributed by atoms with van der Waals surface area (Å²) in [7, 11) is 0. The van der Waals surface area contributed by atoms with E-state index in [-0.39, 0.29) is 24.8 Å². The zero-order chi connectivity index (χ0) is 10.0. The first-order valence-electron chi connectivity index (χ1n) is 3.25. The molecule has 1 aromatic carbocycles. The van der Waals surface area contributed by atoms with Crippen LogP contribution in [0.4, 0.5) is 0 Å². The Morgan fingerprint density at radius 2 is 1.86 bits per heavy atom. The summed E-state index contributed by atoms with van der Waals surface area (Å²) >= 11 is 9.76. The van der Waals surface area contributed by atoms with Crippen LogP contribution in [-0.4, -0.2) is 5.11 Å². The van der Waals surface area contributed by atoms with E-state index in [4.69, 9.17) is 5.90 Å². The van der Waals surface area contributed by atoms with Gasteiger partial charge in [-0.05, 0) is 37.9 Å². The number of hydrogen-bond acceptors (Lipinski definition) is 3. The van der Waals surface area contributed by atoms with Crippen molar-refractivity contribution in [3.8, 4) is 5.75 Å². The Morgan fingerprint density at radius 3 is 2.36 bits per heavy atom. The Hall–Kier alpha value is 0.670. The zero-order valence-electron chi connectivity index (χ0n) is 6.76. The first-order chi connectivity index (χ1) is 6.07. The molecule has 3 N–H and O–H groups in total. The van der Waals surface area contributed by atoms with Gasteiger partial charge in [-0.2, -0.15) is 0 Å². The molecule has 14 heavy (non-hydrogen) atoms. The maximum atomic E-state index is 9.53. The molecule has 0 fully saturated rings. The molecule has 0 radical (unpaired) electrons. The van der Waals surface area contributed by atoms with Crippen LogP contribution in [0.2, 0.25) is 0 Å². The van der Waals surface area contributed by atoms with Gasteiger partial charge in [-0.3, -0.25) is 4.84 Å². The Kier molecular flexibility index (Phi) is 6.60. The molecule has 0 aromatic heterocycles. The lowest BCUT2D eigenvalue weighted by molar-refractivity contribution is 0.123. The van der Waals surface area contributed by atoms with Crippen molar-refractivity contribution < 1.29 is 9.94 Å². The molecule has 80 valence electrons. The van der Waals surface area contributed by atoms with Gasteiger partial charge in [0.05, 0.1) is 15.6 Å². The molecule has 0 aliphatic heterocycles. The summed E-state index contributed by atoms with van der Waals surface area (Å²) in [5, 5.41) is 9.53. The van der Waals surface area contributed by atoms with Crippen molar-refractivity contribution in [3.05, 3.63) is 25.0 Å². The van der Waals surface area contributed by atoms with Crippen LogP contribution in [0.5, 0.6) is 5.75 Å². The summed E-state index contributed by atoms with van der Waals surface area (Å²) < 4.78 is 1.99. The molecular weight excluding hydrogens is 405 g/mol. The van der Waals surface area contributed by atoms with Gasteiger partial charge in [0.15, 0.2) is 0 Å². The fourth-order valence-electron chi connectivity index (χ4n) is 0.835. The minimum atomic E-state index is 0. The number of hydrogen-bond donors (Lipinski definition) is 2. The number of aromatic hydroxyl groups is 1. The third-order valence-electron chi connectivity index (χ3n) is 1.47. The molecule has 1 aromatic rings. The topological polar surface area (TPSA) is 55.5 Å². The minimum absolute atomic E-state index is 0. The second-order valence-electron chi connectivity index (χ2n) is 2.29. The van der Waals surface area contributed by atoms with Crippen LogP contribution in [0.1, 0.15) is 5.56 Å². The third kappa shape index (κ3) is 3.08. The van der Waals surface area contributed by atoms with E-state index >= 15 is 0 Å². The van der Waals surface area contributed by atoms with E-state index < -0.39 is 0 Å². The highest BCUT2D eigenvalue weighted by atomic mass is 79.9. The van der Waals surface area contributed by atoms with E-state index in [1.54, 1.807) is 6.07 Å². The van der Waals surface area contributed by atoms with E-state index in [2.05, 4.69) is 52.6 Å². The Labute approximate surface area is 113 Å². The van der Waals surface area contributed by atoms with Gasteiger partial charge in [-0.1, -0.05) is 15.9 Å². The predicted molar refractivity (Wildman–Crippen MR) is 67.4 cm³/mol. The van der Waals surface area contributed by atoms with Crippen LogP contribution >= 0.6 is 60.2 Å². The number of phenolic OH excluding ortho intramolecular Hbond substituents is 1. The molecule has 0 aliphatic carbocycles. The highest BCUT2D eigenvalue weighted by Crippen LogP contribution is 2.39. The predicted octanol–water partition coefficient (Wildman–Crippen LogP) is 3.49. The number of halogens is 4. The lowest BCUT2D eigenvalue weighted by Crippen LogP contribution is -2.00. The molecule has 0 heterocycles. The fraction of sp³-hybridized carbons (Fsp3) is 0.143. The molecule has 3 nitrogen and oxygen atoms in total. The van der Waals surface area contributed by atoms with Crippen molar-refractivity contribution in [1.82, 2.24) is 0 Å². The third-order valence-corrected chi connectivity index (χ3v) is 3.63. The summed E-state index contributed by atoms with van der Waals surface area (Å²) in [4.78, 5) is 4.50. The fourth-order valence-corrected chi connectivity index (χ4v) is 3.18. The molecular formula is C7H7Br3ClNO2. The smallest absolute Gasteiger partial charge is 0.144 e. The van der Waals surface area contributed by atoms with Gasteiger partial charge < -0.3 is 5.11 Å². The number of benzene rings is 1. The Balaban J connectivity index is 0.00000169. The summed E-state index contributed by atoms with van der Waals surface area (Å²) in [5.74, 6) is 5.09. The molecule has 0 atom stereocenters. The monoisotopic (exact) mass is 409 g/mol. The maximum Gasteiger partial charge on any atom is 0.144 e. The largest absolute Gasteiger partial charge is 0.506 e. The molecule has 0 spiro atoms. The molecule has 0 unspecified atom stereocenters. The zero-order valence-corrected chi connectivity index (χ0v) is 12.3. The molecule has 0 aliphatic rings. The number of rotatable bonds is 2. The standard InChI is InChI=1S/C7H6Br3NO2.ClH/c8-4-1-5(9)7(12)6(10)3(4)2-13-11;/h1,12H,2,11H2;1H. The van der Waals surface area contributed by atoms with Crippen molar-refractivity contribution in [2.75, 3.05) is 0 Å². The van der Waals surface area contributed by atoms with Gasteiger partial charge in [0.25, 0.3) is 0 Å². The maximum absolute atomic E-state index is 9.53. The second-order valence-corrected chi connectivity index (χ2v) is 4.79. The van der Waals surface area contributed by atoms with Crippen molar-refractivity contribution >= 4 is 60.2 Å². The lowest BCUT2D eigenvalue weighted by atomic mass is 10.2. The van der Waals surface area contributed by atoms with Crippen LogP contribution in [0.25, 0.3) is 0 Å². The summed E-state index contributed by atoms with van der Waals surface area (Å²) in [6, 6.07) is 1.73. The Morgan fingerprint density at radius 1 is 1.29 bits per heavy atom. The van der Waals surface area contributed by atoms with Crippen LogP contribution < -0.4 is 5.90 Å². The molecule has 0 saturated carbocycles. The summed E-state index contributed by atoms with van der Waals surface area (Å²) in [5.41, 5.74) is 0.767. The molecule has 7 heteroatoms. The van der Waals surface area contributed by atoms with Crippen molar-refractivity contribution in [2.45, 2.75) is 6.61 Å².